The van der Waals surface area contributed by atoms with Gasteiger partial charge in [0.2, 0.25) is 0 Å². The summed E-state index contributed by atoms with van der Waals surface area (Å²) in [5.74, 6) is 3.08. The van der Waals surface area contributed by atoms with Gasteiger partial charge in [0.05, 0.1) is 32.3 Å². The van der Waals surface area contributed by atoms with Gasteiger partial charge in [-0.2, -0.15) is 0 Å². The topological polar surface area (TPSA) is 64.1 Å². The van der Waals surface area contributed by atoms with Crippen molar-refractivity contribution < 1.29 is 14.2 Å². The number of rotatable bonds is 8. The summed E-state index contributed by atoms with van der Waals surface area (Å²) in [6, 6.07) is 11.7. The van der Waals surface area contributed by atoms with E-state index in [-0.39, 0.29) is 0 Å². The van der Waals surface area contributed by atoms with Gasteiger partial charge in [0.15, 0.2) is 5.96 Å². The first-order chi connectivity index (χ1) is 13.1. The highest BCUT2D eigenvalue weighted by Crippen LogP contribution is 2.26. The first kappa shape index (κ1) is 20.9. The lowest BCUT2D eigenvalue weighted by atomic mass is 10.2. The van der Waals surface area contributed by atoms with E-state index < -0.39 is 0 Å². The molecule has 0 saturated heterocycles. The zero-order chi connectivity index (χ0) is 19.6. The van der Waals surface area contributed by atoms with Crippen molar-refractivity contribution in [3.8, 4) is 17.2 Å². The highest BCUT2D eigenvalue weighted by Gasteiger charge is 2.07. The van der Waals surface area contributed by atoms with Crippen LogP contribution in [0.25, 0.3) is 0 Å². The van der Waals surface area contributed by atoms with Crippen molar-refractivity contribution in [2.24, 2.45) is 4.99 Å². The minimum atomic E-state index is 0.553. The number of aliphatic imine (C=N–C) groups is 1. The molecule has 2 aromatic rings. The molecular weight excluding hydrogens is 410 g/mol. The van der Waals surface area contributed by atoms with Crippen LogP contribution in [0.5, 0.6) is 17.2 Å². The third-order valence-electron chi connectivity index (χ3n) is 3.92. The lowest BCUT2D eigenvalue weighted by molar-refractivity contribution is 0.390. The summed E-state index contributed by atoms with van der Waals surface area (Å²) in [6.45, 7) is 3.95. The number of benzene rings is 2. The van der Waals surface area contributed by atoms with Gasteiger partial charge in [-0.3, -0.25) is 0 Å². The van der Waals surface area contributed by atoms with Gasteiger partial charge in [-0.25, -0.2) is 4.99 Å². The Morgan fingerprint density at radius 1 is 0.963 bits per heavy atom. The molecule has 0 atom stereocenters. The van der Waals surface area contributed by atoms with E-state index in [1.54, 1.807) is 21.3 Å². The fourth-order valence-electron chi connectivity index (χ4n) is 2.50. The van der Waals surface area contributed by atoms with E-state index in [2.05, 4.69) is 31.6 Å². The van der Waals surface area contributed by atoms with Crippen LogP contribution in [0.3, 0.4) is 0 Å². The number of ether oxygens (including phenoxy) is 3. The Hall–Kier alpha value is -2.41. The molecule has 146 valence electrons. The van der Waals surface area contributed by atoms with Gasteiger partial charge in [0.25, 0.3) is 0 Å². The number of halogens is 1. The SMILES string of the molecule is CCNC(=NCc1ccc(OC)c(Br)c1)NCc1ccc(OC)cc1OC. The molecule has 0 amide bonds. The predicted octanol–water partition coefficient (Wildman–Crippen LogP) is 3.73. The van der Waals surface area contributed by atoms with Gasteiger partial charge < -0.3 is 24.8 Å². The molecule has 0 fully saturated rings. The average molecular weight is 436 g/mol. The molecule has 7 heteroatoms. The maximum atomic E-state index is 5.45. The monoisotopic (exact) mass is 435 g/mol. The molecule has 2 rings (SSSR count). The molecule has 0 spiro atoms. The van der Waals surface area contributed by atoms with Crippen molar-refractivity contribution in [1.29, 1.82) is 0 Å². The van der Waals surface area contributed by atoms with Gasteiger partial charge in [-0.05, 0) is 52.7 Å². The molecule has 6 nitrogen and oxygen atoms in total. The molecular formula is C20H26BrN3O3. The quantitative estimate of drug-likeness (QED) is 0.488. The summed E-state index contributed by atoms with van der Waals surface area (Å²) in [4.78, 5) is 4.65. The zero-order valence-electron chi connectivity index (χ0n) is 16.1. The van der Waals surface area contributed by atoms with Crippen LogP contribution in [-0.2, 0) is 13.1 Å². The summed E-state index contributed by atoms with van der Waals surface area (Å²) in [6.07, 6.45) is 0. The number of guanidine groups is 1. The maximum absolute atomic E-state index is 5.45. The molecule has 0 aliphatic carbocycles. The minimum Gasteiger partial charge on any atom is -0.497 e. The molecule has 0 saturated carbocycles. The third-order valence-corrected chi connectivity index (χ3v) is 4.54. The standard InChI is InChI=1S/C20H26BrN3O3/c1-5-22-20(23-12-14-6-9-18(26-3)17(21)10-14)24-13-15-7-8-16(25-2)11-19(15)27-4/h6-11H,5,12-13H2,1-4H3,(H2,22,23,24). The Morgan fingerprint density at radius 3 is 2.37 bits per heavy atom. The van der Waals surface area contributed by atoms with Gasteiger partial charge >= 0.3 is 0 Å². The highest BCUT2D eigenvalue weighted by atomic mass is 79.9. The number of nitrogens with one attached hydrogen (secondary N) is 2. The molecule has 27 heavy (non-hydrogen) atoms. The second-order valence-electron chi connectivity index (χ2n) is 5.70. The van der Waals surface area contributed by atoms with E-state index in [0.29, 0.717) is 13.1 Å². The average Bonchev–Trinajstić information content (AvgIpc) is 2.70. The maximum Gasteiger partial charge on any atom is 0.191 e. The van der Waals surface area contributed by atoms with Gasteiger partial charge in [0.1, 0.15) is 17.2 Å². The van der Waals surface area contributed by atoms with Gasteiger partial charge in [-0.15, -0.1) is 0 Å². The second kappa shape index (κ2) is 10.7. The predicted molar refractivity (Wildman–Crippen MR) is 112 cm³/mol. The summed E-state index contributed by atoms with van der Waals surface area (Å²) in [7, 11) is 4.94. The van der Waals surface area contributed by atoms with E-state index in [1.807, 2.05) is 43.3 Å². The minimum absolute atomic E-state index is 0.553. The number of hydrogen-bond donors (Lipinski definition) is 2. The lowest BCUT2D eigenvalue weighted by Crippen LogP contribution is -2.36. The van der Waals surface area contributed by atoms with Crippen LogP contribution in [-0.4, -0.2) is 33.8 Å². The van der Waals surface area contributed by atoms with Crippen molar-refractivity contribution in [3.05, 3.63) is 52.0 Å². The Bertz CT molecular complexity index is 781. The van der Waals surface area contributed by atoms with Crippen LogP contribution in [0.15, 0.2) is 45.9 Å². The van der Waals surface area contributed by atoms with Crippen LogP contribution >= 0.6 is 15.9 Å². The Kier molecular flexibility index (Phi) is 8.26. The lowest BCUT2D eigenvalue weighted by Gasteiger charge is -2.14. The molecule has 0 aliphatic rings. The Morgan fingerprint density at radius 2 is 1.74 bits per heavy atom. The second-order valence-corrected chi connectivity index (χ2v) is 6.55. The number of nitrogens with zero attached hydrogens (tertiary/aromatic N) is 1. The van der Waals surface area contributed by atoms with Gasteiger partial charge in [0, 0.05) is 24.7 Å². The van der Waals surface area contributed by atoms with Crippen LogP contribution in [0.4, 0.5) is 0 Å². The van der Waals surface area contributed by atoms with Gasteiger partial charge in [-0.1, -0.05) is 6.07 Å². The third kappa shape index (κ3) is 6.06. The van der Waals surface area contributed by atoms with E-state index in [1.165, 1.54) is 0 Å². The van der Waals surface area contributed by atoms with E-state index in [9.17, 15) is 0 Å². The van der Waals surface area contributed by atoms with Crippen molar-refractivity contribution >= 4 is 21.9 Å². The van der Waals surface area contributed by atoms with Crippen LogP contribution in [0.1, 0.15) is 18.1 Å². The summed E-state index contributed by atoms with van der Waals surface area (Å²) in [5, 5.41) is 6.60. The Labute approximate surface area is 169 Å². The highest BCUT2D eigenvalue weighted by molar-refractivity contribution is 9.10. The summed E-state index contributed by atoms with van der Waals surface area (Å²) >= 11 is 3.51. The molecule has 0 heterocycles. The van der Waals surface area contributed by atoms with Crippen molar-refractivity contribution in [2.45, 2.75) is 20.0 Å². The molecule has 2 aromatic carbocycles. The van der Waals surface area contributed by atoms with Crippen LogP contribution in [0.2, 0.25) is 0 Å². The molecule has 2 N–H and O–H groups in total. The first-order valence-electron chi connectivity index (χ1n) is 8.66. The molecule has 0 radical (unpaired) electrons. The van der Waals surface area contributed by atoms with Crippen LogP contribution < -0.4 is 24.8 Å². The van der Waals surface area contributed by atoms with E-state index in [4.69, 9.17) is 14.2 Å². The number of hydrogen-bond acceptors (Lipinski definition) is 4. The normalized spacial score (nSPS) is 11.1. The summed E-state index contributed by atoms with van der Waals surface area (Å²) in [5.41, 5.74) is 2.11. The van der Waals surface area contributed by atoms with Crippen molar-refractivity contribution in [3.63, 3.8) is 0 Å². The van der Waals surface area contributed by atoms with Crippen LogP contribution in [0, 0.1) is 0 Å². The first-order valence-corrected chi connectivity index (χ1v) is 9.46. The zero-order valence-corrected chi connectivity index (χ0v) is 17.7. The smallest absolute Gasteiger partial charge is 0.191 e. The largest absolute Gasteiger partial charge is 0.497 e. The number of methoxy groups -OCH3 is 3. The van der Waals surface area contributed by atoms with E-state index >= 15 is 0 Å². The van der Waals surface area contributed by atoms with Crippen molar-refractivity contribution in [1.82, 2.24) is 10.6 Å². The van der Waals surface area contributed by atoms with E-state index in [0.717, 1.165) is 45.4 Å². The molecule has 0 unspecified atom stereocenters. The molecule has 0 bridgehead atoms. The fraction of sp³-hybridized carbons (Fsp3) is 0.350. The fourth-order valence-corrected chi connectivity index (χ4v) is 3.09. The van der Waals surface area contributed by atoms with Crippen molar-refractivity contribution in [2.75, 3.05) is 27.9 Å². The Balaban J connectivity index is 2.06. The molecule has 0 aliphatic heterocycles. The summed E-state index contributed by atoms with van der Waals surface area (Å²) < 4.78 is 16.9. The molecule has 0 aromatic heterocycles.